The van der Waals surface area contributed by atoms with Gasteiger partial charge in [-0.2, -0.15) is 0 Å². The van der Waals surface area contributed by atoms with Crippen LogP contribution in [0.4, 0.5) is 10.8 Å². The third-order valence-electron chi connectivity index (χ3n) is 3.99. The molecule has 0 saturated carbocycles. The zero-order valence-electron chi connectivity index (χ0n) is 13.0. The molecular weight excluding hydrogens is 334 g/mol. The van der Waals surface area contributed by atoms with Crippen LogP contribution < -0.4 is 9.62 Å². The first kappa shape index (κ1) is 15.9. The topological polar surface area (TPSA) is 79.4 Å². The smallest absolute Gasteiger partial charge is 0.263 e. The van der Waals surface area contributed by atoms with E-state index >= 15 is 0 Å². The Morgan fingerprint density at radius 2 is 2.09 bits per heavy atom. The van der Waals surface area contributed by atoms with Crippen molar-refractivity contribution in [3.8, 4) is 0 Å². The summed E-state index contributed by atoms with van der Waals surface area (Å²) in [6.45, 7) is 3.89. The minimum Gasteiger partial charge on any atom is -0.315 e. The fraction of sp³-hybridized carbons (Fsp3) is 0.333. The number of nitrogens with one attached hydrogen (secondary N) is 1. The van der Waals surface area contributed by atoms with Crippen LogP contribution in [-0.4, -0.2) is 26.4 Å². The van der Waals surface area contributed by atoms with Gasteiger partial charge in [0.2, 0.25) is 5.91 Å². The maximum atomic E-state index is 12.5. The maximum absolute atomic E-state index is 12.5. The van der Waals surface area contributed by atoms with Gasteiger partial charge < -0.3 is 4.90 Å². The molecule has 1 aromatic heterocycles. The summed E-state index contributed by atoms with van der Waals surface area (Å²) in [4.78, 5) is 17.7. The normalized spacial score (nSPS) is 17.0. The highest BCUT2D eigenvalue weighted by Gasteiger charge is 2.36. The van der Waals surface area contributed by atoms with Crippen LogP contribution in [0.15, 0.2) is 34.7 Å². The largest absolute Gasteiger partial charge is 0.315 e. The minimum atomic E-state index is -3.70. The summed E-state index contributed by atoms with van der Waals surface area (Å²) in [7, 11) is -2.00. The summed E-state index contributed by atoms with van der Waals surface area (Å²) in [5, 5.41) is 2.03. The minimum absolute atomic E-state index is 0.0269. The third kappa shape index (κ3) is 2.84. The van der Waals surface area contributed by atoms with Crippen LogP contribution in [0.1, 0.15) is 25.8 Å². The van der Waals surface area contributed by atoms with E-state index in [1.165, 1.54) is 17.4 Å². The molecular formula is C15H17N3O3S2. The van der Waals surface area contributed by atoms with Crippen molar-refractivity contribution in [1.82, 2.24) is 4.98 Å². The molecule has 0 unspecified atom stereocenters. The number of thiazole rings is 1. The third-order valence-corrected chi connectivity index (χ3v) is 6.14. The lowest BCUT2D eigenvalue weighted by Crippen LogP contribution is -2.39. The number of fused-ring (bicyclic) bond motifs is 1. The molecule has 1 aromatic carbocycles. The highest BCUT2D eigenvalue weighted by molar-refractivity contribution is 7.93. The van der Waals surface area contributed by atoms with Gasteiger partial charge >= 0.3 is 0 Å². The highest BCUT2D eigenvalue weighted by Crippen LogP contribution is 2.40. The summed E-state index contributed by atoms with van der Waals surface area (Å²) in [5.74, 6) is 0.0269. The van der Waals surface area contributed by atoms with Gasteiger partial charge in [-0.05, 0) is 23.8 Å². The van der Waals surface area contributed by atoms with Crippen LogP contribution >= 0.6 is 11.3 Å². The first-order valence-electron chi connectivity index (χ1n) is 7.04. The van der Waals surface area contributed by atoms with Crippen LogP contribution in [0, 0.1) is 0 Å². The quantitative estimate of drug-likeness (QED) is 0.922. The van der Waals surface area contributed by atoms with Crippen LogP contribution in [0.3, 0.4) is 0 Å². The Labute approximate surface area is 139 Å². The second kappa shape index (κ2) is 5.31. The fourth-order valence-electron chi connectivity index (χ4n) is 2.69. The lowest BCUT2D eigenvalue weighted by molar-refractivity contribution is -0.119. The molecule has 1 amide bonds. The van der Waals surface area contributed by atoms with Crippen molar-refractivity contribution in [2.75, 3.05) is 16.7 Å². The Morgan fingerprint density at radius 3 is 2.74 bits per heavy atom. The van der Waals surface area contributed by atoms with Crippen molar-refractivity contribution < 1.29 is 13.2 Å². The van der Waals surface area contributed by atoms with Crippen molar-refractivity contribution in [2.24, 2.45) is 0 Å². The van der Waals surface area contributed by atoms with Gasteiger partial charge in [0.1, 0.15) is 0 Å². The van der Waals surface area contributed by atoms with E-state index in [-0.39, 0.29) is 10.8 Å². The molecule has 0 atom stereocenters. The standard InChI is InChI=1S/C15H17N3O3S2/c1-15(2)9-13(19)18(3)12-5-4-10(8-11(12)15)23(20,21)17-14-16-6-7-22-14/h4-8H,9H2,1-3H3,(H,16,17). The molecule has 0 spiro atoms. The van der Waals surface area contributed by atoms with Gasteiger partial charge in [-0.15, -0.1) is 11.3 Å². The van der Waals surface area contributed by atoms with E-state index in [0.717, 1.165) is 11.3 Å². The summed E-state index contributed by atoms with van der Waals surface area (Å²) >= 11 is 1.22. The molecule has 0 aliphatic carbocycles. The van der Waals surface area contributed by atoms with Crippen LogP contribution in [0.25, 0.3) is 0 Å². The first-order valence-corrected chi connectivity index (χ1v) is 9.40. The predicted molar refractivity (Wildman–Crippen MR) is 90.4 cm³/mol. The van der Waals surface area contributed by atoms with Gasteiger partial charge in [-0.25, -0.2) is 13.4 Å². The van der Waals surface area contributed by atoms with Crippen molar-refractivity contribution in [3.63, 3.8) is 0 Å². The average molecular weight is 351 g/mol. The van der Waals surface area contributed by atoms with Gasteiger partial charge in [0, 0.05) is 36.1 Å². The number of carbonyl (C=O) groups is 1. The zero-order chi connectivity index (χ0) is 16.8. The summed E-state index contributed by atoms with van der Waals surface area (Å²) < 4.78 is 27.5. The monoisotopic (exact) mass is 351 g/mol. The van der Waals surface area contributed by atoms with Crippen LogP contribution in [0.2, 0.25) is 0 Å². The number of sulfonamides is 1. The Bertz CT molecular complexity index is 858. The summed E-state index contributed by atoms with van der Waals surface area (Å²) in [5.41, 5.74) is 1.19. The number of aromatic nitrogens is 1. The highest BCUT2D eigenvalue weighted by atomic mass is 32.2. The zero-order valence-corrected chi connectivity index (χ0v) is 14.7. The number of nitrogens with zero attached hydrogens (tertiary/aromatic N) is 2. The number of rotatable bonds is 3. The van der Waals surface area contributed by atoms with Crippen LogP contribution in [0.5, 0.6) is 0 Å². The molecule has 1 N–H and O–H groups in total. The summed E-state index contributed by atoms with van der Waals surface area (Å²) in [6, 6.07) is 4.85. The Balaban J connectivity index is 2.05. The molecule has 2 heterocycles. The molecule has 0 saturated heterocycles. The number of amides is 1. The van der Waals surface area contributed by atoms with E-state index in [0.29, 0.717) is 11.6 Å². The molecule has 2 aromatic rings. The molecule has 23 heavy (non-hydrogen) atoms. The van der Waals surface area contributed by atoms with Gasteiger partial charge in [0.05, 0.1) is 4.90 Å². The molecule has 3 rings (SSSR count). The predicted octanol–water partition coefficient (Wildman–Crippen LogP) is 2.59. The van der Waals surface area contributed by atoms with E-state index in [2.05, 4.69) is 9.71 Å². The second-order valence-corrected chi connectivity index (χ2v) is 8.71. The molecule has 0 radical (unpaired) electrons. The number of benzene rings is 1. The van der Waals surface area contributed by atoms with Gasteiger partial charge in [0.25, 0.3) is 10.0 Å². The number of hydrogen-bond donors (Lipinski definition) is 1. The van der Waals surface area contributed by atoms with E-state index in [1.54, 1.807) is 35.7 Å². The molecule has 8 heteroatoms. The lowest BCUT2D eigenvalue weighted by Gasteiger charge is -2.37. The first-order chi connectivity index (χ1) is 10.7. The van der Waals surface area contributed by atoms with Crippen molar-refractivity contribution in [2.45, 2.75) is 30.6 Å². The van der Waals surface area contributed by atoms with E-state index < -0.39 is 15.4 Å². The molecule has 0 fully saturated rings. The lowest BCUT2D eigenvalue weighted by atomic mass is 9.77. The number of carbonyl (C=O) groups excluding carboxylic acids is 1. The summed E-state index contributed by atoms with van der Waals surface area (Å²) in [6.07, 6.45) is 1.89. The molecule has 1 aliphatic heterocycles. The second-order valence-electron chi connectivity index (χ2n) is 6.14. The molecule has 122 valence electrons. The Hall–Kier alpha value is -1.93. The number of anilines is 2. The molecule has 1 aliphatic rings. The molecule has 6 nitrogen and oxygen atoms in total. The molecule has 0 bridgehead atoms. The van der Waals surface area contributed by atoms with Gasteiger partial charge in [-0.1, -0.05) is 13.8 Å². The van der Waals surface area contributed by atoms with Crippen molar-refractivity contribution in [1.29, 1.82) is 0 Å². The van der Waals surface area contributed by atoms with E-state index in [9.17, 15) is 13.2 Å². The SMILES string of the molecule is CN1C(=O)CC(C)(C)c2cc(S(=O)(=O)Nc3nccs3)ccc21. The van der Waals surface area contributed by atoms with Gasteiger partial charge in [0.15, 0.2) is 5.13 Å². The Kier molecular flexibility index (Phi) is 3.68. The van der Waals surface area contributed by atoms with Crippen molar-refractivity contribution >= 4 is 38.1 Å². The van der Waals surface area contributed by atoms with Gasteiger partial charge in [-0.3, -0.25) is 9.52 Å². The number of hydrogen-bond acceptors (Lipinski definition) is 5. The fourth-order valence-corrected chi connectivity index (χ4v) is 4.51. The maximum Gasteiger partial charge on any atom is 0.263 e. The van der Waals surface area contributed by atoms with E-state index in [4.69, 9.17) is 0 Å². The average Bonchev–Trinajstić information content (AvgIpc) is 2.96. The van der Waals surface area contributed by atoms with E-state index in [1.807, 2.05) is 13.8 Å². The van der Waals surface area contributed by atoms with Crippen LogP contribution in [-0.2, 0) is 20.2 Å². The Morgan fingerprint density at radius 1 is 1.35 bits per heavy atom. The van der Waals surface area contributed by atoms with Crippen molar-refractivity contribution in [3.05, 3.63) is 35.3 Å².